The molecule has 20 heavy (non-hydrogen) atoms. The molecule has 5 heteroatoms. The molecule has 4 rings (SSSR count). The molecule has 1 aliphatic heterocycles. The predicted molar refractivity (Wildman–Crippen MR) is 74.3 cm³/mol. The van der Waals surface area contributed by atoms with Crippen LogP contribution in [0.1, 0.15) is 6.42 Å². The van der Waals surface area contributed by atoms with E-state index in [-0.39, 0.29) is 40.0 Å². The van der Waals surface area contributed by atoms with Crippen molar-refractivity contribution in [2.45, 2.75) is 6.42 Å². The summed E-state index contributed by atoms with van der Waals surface area (Å²) in [5, 5.41) is 0. The second-order valence-electron chi connectivity index (χ2n) is 5.61. The first kappa shape index (κ1) is 12.3. The lowest BCUT2D eigenvalue weighted by molar-refractivity contribution is -0.123. The topological polar surface area (TPSA) is 37.4 Å². The van der Waals surface area contributed by atoms with Gasteiger partial charge in [-0.15, -0.1) is 0 Å². The molecule has 0 spiro atoms. The Kier molecular flexibility index (Phi) is 2.46. The van der Waals surface area contributed by atoms with E-state index in [1.165, 1.54) is 23.1 Å². The van der Waals surface area contributed by atoms with Crippen molar-refractivity contribution in [1.29, 1.82) is 0 Å². The van der Waals surface area contributed by atoms with Crippen molar-refractivity contribution >= 4 is 33.4 Å². The normalized spacial score (nSPS) is 34.2. The highest BCUT2D eigenvalue weighted by Crippen LogP contribution is 2.53. The molecule has 102 valence electrons. The molecule has 4 unspecified atom stereocenters. The number of carbonyl (C=O) groups is 2. The Labute approximate surface area is 123 Å². The van der Waals surface area contributed by atoms with E-state index >= 15 is 0 Å². The average Bonchev–Trinajstić information content (AvgIpc) is 3.08. The van der Waals surface area contributed by atoms with Crippen LogP contribution in [0.15, 0.2) is 34.8 Å². The van der Waals surface area contributed by atoms with Crippen molar-refractivity contribution in [3.05, 3.63) is 40.6 Å². The van der Waals surface area contributed by atoms with Crippen LogP contribution in [-0.4, -0.2) is 11.8 Å². The van der Waals surface area contributed by atoms with Crippen LogP contribution in [0.4, 0.5) is 10.1 Å². The van der Waals surface area contributed by atoms with Crippen LogP contribution in [0.5, 0.6) is 0 Å². The molecule has 0 N–H and O–H groups in total. The van der Waals surface area contributed by atoms with Crippen LogP contribution < -0.4 is 4.90 Å². The maximum absolute atomic E-state index is 13.3. The summed E-state index contributed by atoms with van der Waals surface area (Å²) in [5.41, 5.74) is 0.446. The van der Waals surface area contributed by atoms with Gasteiger partial charge in [0.1, 0.15) is 5.82 Å². The molecule has 1 heterocycles. The number of imide groups is 1. The Morgan fingerprint density at radius 3 is 2.25 bits per heavy atom. The average molecular weight is 336 g/mol. The fourth-order valence-electron chi connectivity index (χ4n) is 3.78. The maximum Gasteiger partial charge on any atom is 0.238 e. The minimum atomic E-state index is -0.408. The van der Waals surface area contributed by atoms with Crippen molar-refractivity contribution < 1.29 is 14.0 Å². The van der Waals surface area contributed by atoms with Crippen LogP contribution in [0, 0.1) is 29.5 Å². The Balaban J connectivity index is 1.76. The van der Waals surface area contributed by atoms with E-state index < -0.39 is 5.82 Å². The highest BCUT2D eigenvalue weighted by molar-refractivity contribution is 9.10. The standard InChI is InChI=1S/C15H11BrFNO2/c16-10-6-9(3-4-11(10)17)18-14(19)12-7-1-2-8(5-7)13(12)15(18)20/h1-4,6-8,12-13H,5H2. The van der Waals surface area contributed by atoms with Gasteiger partial charge < -0.3 is 0 Å². The summed E-state index contributed by atoms with van der Waals surface area (Å²) in [4.78, 5) is 26.3. The van der Waals surface area contributed by atoms with Gasteiger partial charge in [-0.2, -0.15) is 0 Å². The minimum Gasteiger partial charge on any atom is -0.274 e. The number of fused-ring (bicyclic) bond motifs is 5. The summed E-state index contributed by atoms with van der Waals surface area (Å²) in [6.45, 7) is 0. The minimum absolute atomic E-state index is 0.143. The van der Waals surface area contributed by atoms with Crippen molar-refractivity contribution in [2.75, 3.05) is 4.90 Å². The first-order valence-corrected chi connectivity index (χ1v) is 7.38. The quantitative estimate of drug-likeness (QED) is 0.584. The number of hydrogen-bond donors (Lipinski definition) is 0. The van der Waals surface area contributed by atoms with E-state index in [4.69, 9.17) is 0 Å². The number of hydrogen-bond acceptors (Lipinski definition) is 2. The number of halogens is 2. The van der Waals surface area contributed by atoms with Gasteiger partial charge in [-0.3, -0.25) is 9.59 Å². The van der Waals surface area contributed by atoms with E-state index in [0.717, 1.165) is 6.42 Å². The molecule has 0 radical (unpaired) electrons. The van der Waals surface area contributed by atoms with Crippen LogP contribution in [0.25, 0.3) is 0 Å². The number of benzene rings is 1. The molecular weight excluding hydrogens is 325 g/mol. The van der Waals surface area contributed by atoms with Gasteiger partial charge in [0.25, 0.3) is 0 Å². The van der Waals surface area contributed by atoms with Gasteiger partial charge in [-0.1, -0.05) is 12.2 Å². The van der Waals surface area contributed by atoms with Crippen LogP contribution in [0.2, 0.25) is 0 Å². The Morgan fingerprint density at radius 1 is 1.10 bits per heavy atom. The molecular formula is C15H11BrFNO2. The van der Waals surface area contributed by atoms with Gasteiger partial charge in [0.2, 0.25) is 11.8 Å². The summed E-state index contributed by atoms with van der Waals surface area (Å²) in [7, 11) is 0. The van der Waals surface area contributed by atoms with E-state index in [9.17, 15) is 14.0 Å². The van der Waals surface area contributed by atoms with Crippen molar-refractivity contribution in [2.24, 2.45) is 23.7 Å². The smallest absolute Gasteiger partial charge is 0.238 e. The zero-order valence-electron chi connectivity index (χ0n) is 10.4. The summed E-state index contributed by atoms with van der Waals surface area (Å²) in [6, 6.07) is 4.23. The third-order valence-corrected chi connectivity index (χ3v) is 5.24. The van der Waals surface area contributed by atoms with E-state index in [1.807, 2.05) is 0 Å². The van der Waals surface area contributed by atoms with Gasteiger partial charge in [-0.25, -0.2) is 9.29 Å². The first-order chi connectivity index (χ1) is 9.58. The van der Waals surface area contributed by atoms with E-state index in [1.54, 1.807) is 0 Å². The highest BCUT2D eigenvalue weighted by atomic mass is 79.9. The third kappa shape index (κ3) is 1.44. The largest absolute Gasteiger partial charge is 0.274 e. The molecule has 1 saturated heterocycles. The Bertz CT molecular complexity index is 642. The maximum atomic E-state index is 13.3. The molecule has 1 aromatic carbocycles. The van der Waals surface area contributed by atoms with E-state index in [2.05, 4.69) is 28.1 Å². The molecule has 0 aromatic heterocycles. The van der Waals surface area contributed by atoms with Gasteiger partial charge in [-0.05, 0) is 52.4 Å². The number of anilines is 1. The number of amides is 2. The Morgan fingerprint density at radius 2 is 1.70 bits per heavy atom. The number of nitrogens with zero attached hydrogens (tertiary/aromatic N) is 1. The molecule has 2 fully saturated rings. The third-order valence-electron chi connectivity index (χ3n) is 4.63. The Hall–Kier alpha value is -1.49. The van der Waals surface area contributed by atoms with Gasteiger partial charge >= 0.3 is 0 Å². The zero-order valence-corrected chi connectivity index (χ0v) is 12.0. The summed E-state index contributed by atoms with van der Waals surface area (Å²) in [6.07, 6.45) is 5.02. The second kappa shape index (κ2) is 4.01. The SMILES string of the molecule is O=C1C2C3C=CC(C3)C2C(=O)N1c1ccc(F)c(Br)c1. The van der Waals surface area contributed by atoms with Crippen LogP contribution in [-0.2, 0) is 9.59 Å². The second-order valence-corrected chi connectivity index (χ2v) is 6.46. The molecule has 3 aliphatic rings. The van der Waals surface area contributed by atoms with Crippen molar-refractivity contribution in [1.82, 2.24) is 0 Å². The lowest BCUT2D eigenvalue weighted by atomic mass is 9.85. The molecule has 2 amide bonds. The molecule has 2 bridgehead atoms. The molecule has 2 aliphatic carbocycles. The molecule has 1 saturated carbocycles. The van der Waals surface area contributed by atoms with Gasteiger partial charge in [0, 0.05) is 0 Å². The first-order valence-electron chi connectivity index (χ1n) is 6.59. The van der Waals surface area contributed by atoms with Gasteiger partial charge in [0.05, 0.1) is 22.0 Å². The summed E-state index contributed by atoms with van der Waals surface area (Å²) >= 11 is 3.09. The zero-order chi connectivity index (χ0) is 14.0. The lowest BCUT2D eigenvalue weighted by Gasteiger charge is -2.17. The molecule has 3 nitrogen and oxygen atoms in total. The number of carbonyl (C=O) groups excluding carboxylic acids is 2. The number of rotatable bonds is 1. The fourth-order valence-corrected chi connectivity index (χ4v) is 4.15. The van der Waals surface area contributed by atoms with Crippen molar-refractivity contribution in [3.63, 3.8) is 0 Å². The van der Waals surface area contributed by atoms with Gasteiger partial charge in [0.15, 0.2) is 0 Å². The molecule has 1 aromatic rings. The fraction of sp³-hybridized carbons (Fsp3) is 0.333. The van der Waals surface area contributed by atoms with Crippen LogP contribution in [0.3, 0.4) is 0 Å². The highest BCUT2D eigenvalue weighted by Gasteiger charge is 2.59. The summed E-state index contributed by atoms with van der Waals surface area (Å²) < 4.78 is 13.6. The lowest BCUT2D eigenvalue weighted by Crippen LogP contribution is -2.32. The predicted octanol–water partition coefficient (Wildman–Crippen LogP) is 2.90. The van der Waals surface area contributed by atoms with Crippen LogP contribution >= 0.6 is 15.9 Å². The van der Waals surface area contributed by atoms with Crippen molar-refractivity contribution in [3.8, 4) is 0 Å². The van der Waals surface area contributed by atoms with E-state index in [0.29, 0.717) is 5.69 Å². The molecule has 4 atom stereocenters. The number of allylic oxidation sites excluding steroid dienone is 2. The summed E-state index contributed by atoms with van der Waals surface area (Å²) in [5.74, 6) is -0.756. The monoisotopic (exact) mass is 335 g/mol.